The van der Waals surface area contributed by atoms with Crippen molar-refractivity contribution < 1.29 is 13.2 Å². The van der Waals surface area contributed by atoms with Crippen LogP contribution >= 0.6 is 0 Å². The number of hydrogen-bond donors (Lipinski definition) is 3. The van der Waals surface area contributed by atoms with Gasteiger partial charge in [-0.05, 0) is 18.9 Å². The van der Waals surface area contributed by atoms with Crippen LogP contribution in [0.2, 0.25) is 0 Å². The maximum Gasteiger partial charge on any atom is 0.268 e. The van der Waals surface area contributed by atoms with Crippen molar-refractivity contribution in [3.63, 3.8) is 0 Å². The number of anilines is 1. The molecule has 1 aliphatic rings. The third kappa shape index (κ3) is 3.73. The molecule has 0 atom stereocenters. The Morgan fingerprint density at radius 2 is 2.20 bits per heavy atom. The zero-order valence-electron chi connectivity index (χ0n) is 11.4. The fraction of sp³-hybridized carbons (Fsp3) is 0.583. The second kappa shape index (κ2) is 5.84. The van der Waals surface area contributed by atoms with Gasteiger partial charge >= 0.3 is 0 Å². The molecule has 7 nitrogen and oxygen atoms in total. The summed E-state index contributed by atoms with van der Waals surface area (Å²) in [5, 5.41) is 2.62. The van der Waals surface area contributed by atoms with Gasteiger partial charge in [-0.25, -0.2) is 13.1 Å². The molecule has 1 amide bonds. The van der Waals surface area contributed by atoms with E-state index in [-0.39, 0.29) is 18.2 Å². The van der Waals surface area contributed by atoms with E-state index >= 15 is 0 Å². The summed E-state index contributed by atoms with van der Waals surface area (Å²) in [5.74, 6) is -0.424. The molecule has 1 aromatic heterocycles. The smallest absolute Gasteiger partial charge is 0.268 e. The molecule has 0 aromatic carbocycles. The van der Waals surface area contributed by atoms with Crippen LogP contribution in [-0.4, -0.2) is 37.7 Å². The topological polar surface area (TPSA) is 106 Å². The number of nitrogen functional groups attached to an aromatic ring is 1. The molecule has 1 aliphatic carbocycles. The summed E-state index contributed by atoms with van der Waals surface area (Å²) < 4.78 is 27.1. The summed E-state index contributed by atoms with van der Waals surface area (Å²) >= 11 is 0. The van der Waals surface area contributed by atoms with Crippen LogP contribution in [0.4, 0.5) is 5.69 Å². The maximum atomic E-state index is 12.1. The van der Waals surface area contributed by atoms with Gasteiger partial charge in [0.15, 0.2) is 0 Å². The number of nitrogens with zero attached hydrogens (tertiary/aromatic N) is 1. The first-order valence-corrected chi connectivity index (χ1v) is 8.31. The van der Waals surface area contributed by atoms with Gasteiger partial charge in [-0.15, -0.1) is 0 Å². The molecule has 0 saturated heterocycles. The number of nitrogens with one attached hydrogen (secondary N) is 2. The predicted molar refractivity (Wildman–Crippen MR) is 76.9 cm³/mol. The molecule has 0 bridgehead atoms. The number of hydrogen-bond acceptors (Lipinski definition) is 4. The van der Waals surface area contributed by atoms with Crippen LogP contribution in [0.3, 0.4) is 0 Å². The highest BCUT2D eigenvalue weighted by molar-refractivity contribution is 7.89. The highest BCUT2D eigenvalue weighted by Gasteiger charge is 2.27. The van der Waals surface area contributed by atoms with Crippen molar-refractivity contribution in [1.29, 1.82) is 0 Å². The Morgan fingerprint density at radius 1 is 1.50 bits per heavy atom. The highest BCUT2D eigenvalue weighted by Crippen LogP contribution is 2.37. The van der Waals surface area contributed by atoms with Gasteiger partial charge in [-0.2, -0.15) is 0 Å². The van der Waals surface area contributed by atoms with Gasteiger partial charge in [0, 0.05) is 25.3 Å². The van der Waals surface area contributed by atoms with Gasteiger partial charge in [0.1, 0.15) is 5.69 Å². The van der Waals surface area contributed by atoms with Gasteiger partial charge in [0.2, 0.25) is 10.0 Å². The van der Waals surface area contributed by atoms with Gasteiger partial charge in [0.05, 0.1) is 11.4 Å². The van der Waals surface area contributed by atoms with E-state index in [1.54, 1.807) is 19.2 Å². The van der Waals surface area contributed by atoms with Crippen LogP contribution in [0.1, 0.15) is 36.3 Å². The molecule has 2 rings (SSSR count). The molecule has 1 saturated carbocycles. The van der Waals surface area contributed by atoms with Crippen molar-refractivity contribution in [1.82, 2.24) is 14.6 Å². The van der Waals surface area contributed by atoms with Crippen LogP contribution in [-0.2, 0) is 10.0 Å². The van der Waals surface area contributed by atoms with E-state index in [9.17, 15) is 13.2 Å². The number of rotatable bonds is 7. The SMILES string of the molecule is CCNS(=O)(=O)CCNC(=O)c1cc(N)cn1C1CC1. The molecular formula is C12H20N4O3S. The molecule has 1 heterocycles. The summed E-state index contributed by atoms with van der Waals surface area (Å²) in [7, 11) is -3.31. The van der Waals surface area contributed by atoms with E-state index in [1.165, 1.54) is 0 Å². The van der Waals surface area contributed by atoms with E-state index in [0.717, 1.165) is 12.8 Å². The quantitative estimate of drug-likeness (QED) is 0.662. The number of sulfonamides is 1. The predicted octanol–water partition coefficient (Wildman–Crippen LogP) is 0.0743. The molecule has 0 aliphatic heterocycles. The number of nitrogens with two attached hydrogens (primary N) is 1. The van der Waals surface area contributed by atoms with Crippen molar-refractivity contribution in [2.45, 2.75) is 25.8 Å². The van der Waals surface area contributed by atoms with Crippen LogP contribution < -0.4 is 15.8 Å². The molecular weight excluding hydrogens is 280 g/mol. The van der Waals surface area contributed by atoms with Crippen molar-refractivity contribution in [2.75, 3.05) is 24.6 Å². The summed E-state index contributed by atoms with van der Waals surface area (Å²) in [6, 6.07) is 1.96. The zero-order chi connectivity index (χ0) is 14.8. The van der Waals surface area contributed by atoms with E-state index in [4.69, 9.17) is 5.73 Å². The molecule has 8 heteroatoms. The van der Waals surface area contributed by atoms with Crippen LogP contribution in [0.5, 0.6) is 0 Å². The summed E-state index contributed by atoms with van der Waals surface area (Å²) in [4.78, 5) is 12.1. The van der Waals surface area contributed by atoms with Gasteiger partial charge < -0.3 is 15.6 Å². The molecule has 0 spiro atoms. The zero-order valence-corrected chi connectivity index (χ0v) is 12.2. The van der Waals surface area contributed by atoms with E-state index in [2.05, 4.69) is 10.0 Å². The summed E-state index contributed by atoms with van der Waals surface area (Å²) in [6.45, 7) is 2.13. The van der Waals surface area contributed by atoms with Crippen LogP contribution in [0.15, 0.2) is 12.3 Å². The van der Waals surface area contributed by atoms with Gasteiger partial charge in [-0.3, -0.25) is 4.79 Å². The minimum absolute atomic E-state index is 0.0733. The average molecular weight is 300 g/mol. The van der Waals surface area contributed by atoms with Crippen molar-refractivity contribution in [3.8, 4) is 0 Å². The standard InChI is InChI=1S/C12H20N4O3S/c1-2-15-20(18,19)6-5-14-12(17)11-7-9(13)8-16(11)10-3-4-10/h7-8,10,15H,2-6,13H2,1H3,(H,14,17). The Hall–Kier alpha value is -1.54. The third-order valence-electron chi connectivity index (χ3n) is 3.06. The first-order chi connectivity index (χ1) is 9.43. The fourth-order valence-corrected chi connectivity index (χ4v) is 2.97. The van der Waals surface area contributed by atoms with E-state index < -0.39 is 10.0 Å². The Balaban J connectivity index is 1.92. The Morgan fingerprint density at radius 3 is 2.80 bits per heavy atom. The average Bonchev–Trinajstić information content (AvgIpc) is 3.12. The van der Waals surface area contributed by atoms with Crippen LogP contribution in [0, 0.1) is 0 Å². The molecule has 1 aromatic rings. The molecule has 0 unspecified atom stereocenters. The molecule has 4 N–H and O–H groups in total. The third-order valence-corrected chi connectivity index (χ3v) is 4.53. The van der Waals surface area contributed by atoms with E-state index in [0.29, 0.717) is 24.0 Å². The molecule has 112 valence electrons. The lowest BCUT2D eigenvalue weighted by atomic mass is 10.3. The number of carbonyl (C=O) groups is 1. The second-order valence-electron chi connectivity index (χ2n) is 4.87. The fourth-order valence-electron chi connectivity index (χ4n) is 2.02. The van der Waals surface area contributed by atoms with Gasteiger partial charge in [0.25, 0.3) is 5.91 Å². The molecule has 1 fully saturated rings. The number of amides is 1. The first kappa shape index (κ1) is 14.9. The van der Waals surface area contributed by atoms with Gasteiger partial charge in [-0.1, -0.05) is 6.92 Å². The lowest BCUT2D eigenvalue weighted by Crippen LogP contribution is -2.35. The summed E-state index contributed by atoms with van der Waals surface area (Å²) in [5.41, 5.74) is 6.75. The molecule has 20 heavy (non-hydrogen) atoms. The monoisotopic (exact) mass is 300 g/mol. The summed E-state index contributed by atoms with van der Waals surface area (Å²) in [6.07, 6.45) is 3.84. The van der Waals surface area contributed by atoms with Crippen molar-refractivity contribution in [2.24, 2.45) is 0 Å². The Bertz CT molecular complexity index is 590. The van der Waals surface area contributed by atoms with E-state index in [1.807, 2.05) is 4.57 Å². The maximum absolute atomic E-state index is 12.1. The minimum Gasteiger partial charge on any atom is -0.397 e. The Labute approximate surface area is 118 Å². The lowest BCUT2D eigenvalue weighted by Gasteiger charge is -2.09. The Kier molecular flexibility index (Phi) is 4.34. The highest BCUT2D eigenvalue weighted by atomic mass is 32.2. The van der Waals surface area contributed by atoms with Crippen LogP contribution in [0.25, 0.3) is 0 Å². The van der Waals surface area contributed by atoms with Crippen molar-refractivity contribution in [3.05, 3.63) is 18.0 Å². The molecule has 0 radical (unpaired) electrons. The normalized spacial score (nSPS) is 15.2. The first-order valence-electron chi connectivity index (χ1n) is 6.66. The van der Waals surface area contributed by atoms with Crippen molar-refractivity contribution >= 4 is 21.6 Å². The second-order valence-corrected chi connectivity index (χ2v) is 6.80. The largest absolute Gasteiger partial charge is 0.397 e. The number of aromatic nitrogens is 1. The number of carbonyl (C=O) groups excluding carboxylic acids is 1. The minimum atomic E-state index is -3.31. The lowest BCUT2D eigenvalue weighted by molar-refractivity contribution is 0.0946.